The molecule has 2 atom stereocenters. The van der Waals surface area contributed by atoms with Gasteiger partial charge in [-0.25, -0.2) is 0 Å². The molecular formula is C18H29NO2. The zero-order valence-electron chi connectivity index (χ0n) is 13.6. The van der Waals surface area contributed by atoms with Crippen molar-refractivity contribution in [3.63, 3.8) is 0 Å². The smallest absolute Gasteiger partial charge is 0.119 e. The van der Waals surface area contributed by atoms with Crippen LogP contribution in [0.4, 0.5) is 0 Å². The number of hydrogen-bond donors (Lipinski definition) is 2. The molecule has 1 saturated carbocycles. The van der Waals surface area contributed by atoms with Gasteiger partial charge in [0, 0.05) is 18.0 Å². The molecule has 1 aliphatic rings. The van der Waals surface area contributed by atoms with Crippen LogP contribution in [-0.4, -0.2) is 29.9 Å². The molecule has 3 heteroatoms. The summed E-state index contributed by atoms with van der Waals surface area (Å²) in [6.07, 6.45) is 4.43. The molecule has 3 nitrogen and oxygen atoms in total. The third-order valence-corrected chi connectivity index (χ3v) is 4.46. The van der Waals surface area contributed by atoms with E-state index in [0.29, 0.717) is 18.6 Å². The standard InChI is InChI=1S/C18H29NO2/c1-4-14(2)15-5-9-17(10-6-15)21-12-11-18(3,13-20)19-16-7-8-16/h5-6,9-10,14,16,19-20H,4,7-8,11-13H2,1-3H3. The van der Waals surface area contributed by atoms with E-state index in [0.717, 1.165) is 18.6 Å². The maximum Gasteiger partial charge on any atom is 0.119 e. The highest BCUT2D eigenvalue weighted by Gasteiger charge is 2.31. The van der Waals surface area contributed by atoms with Crippen LogP contribution in [0.3, 0.4) is 0 Å². The van der Waals surface area contributed by atoms with Crippen molar-refractivity contribution in [3.8, 4) is 5.75 Å². The van der Waals surface area contributed by atoms with E-state index in [1.165, 1.54) is 18.4 Å². The van der Waals surface area contributed by atoms with Crippen LogP contribution in [0.5, 0.6) is 5.75 Å². The van der Waals surface area contributed by atoms with E-state index in [1.54, 1.807) is 0 Å². The quantitative estimate of drug-likeness (QED) is 0.732. The van der Waals surface area contributed by atoms with Gasteiger partial charge in [-0.1, -0.05) is 26.0 Å². The summed E-state index contributed by atoms with van der Waals surface area (Å²) in [5.74, 6) is 1.51. The van der Waals surface area contributed by atoms with E-state index < -0.39 is 0 Å². The lowest BCUT2D eigenvalue weighted by atomic mass is 9.98. The molecule has 1 fully saturated rings. The zero-order chi connectivity index (χ0) is 15.3. The van der Waals surface area contributed by atoms with Crippen molar-refractivity contribution in [1.29, 1.82) is 0 Å². The normalized spacial score (nSPS) is 19.0. The van der Waals surface area contributed by atoms with Crippen molar-refractivity contribution in [2.45, 2.75) is 64.0 Å². The van der Waals surface area contributed by atoms with Gasteiger partial charge in [0.25, 0.3) is 0 Å². The molecule has 2 N–H and O–H groups in total. The molecule has 1 aliphatic carbocycles. The summed E-state index contributed by atoms with van der Waals surface area (Å²) in [5, 5.41) is 13.1. The minimum Gasteiger partial charge on any atom is -0.494 e. The molecule has 0 aromatic heterocycles. The first-order valence-electron chi connectivity index (χ1n) is 8.17. The summed E-state index contributed by atoms with van der Waals surface area (Å²) >= 11 is 0. The van der Waals surface area contributed by atoms with Crippen molar-refractivity contribution >= 4 is 0 Å². The van der Waals surface area contributed by atoms with Gasteiger partial charge in [-0.2, -0.15) is 0 Å². The van der Waals surface area contributed by atoms with Gasteiger partial charge < -0.3 is 15.2 Å². The number of benzene rings is 1. The molecule has 2 rings (SSSR count). The average Bonchev–Trinajstić information content (AvgIpc) is 3.31. The van der Waals surface area contributed by atoms with E-state index in [-0.39, 0.29) is 12.1 Å². The van der Waals surface area contributed by atoms with Crippen LogP contribution in [0, 0.1) is 0 Å². The Labute approximate surface area is 128 Å². The second-order valence-electron chi connectivity index (χ2n) is 6.61. The van der Waals surface area contributed by atoms with E-state index in [1.807, 2.05) is 12.1 Å². The van der Waals surface area contributed by atoms with Gasteiger partial charge >= 0.3 is 0 Å². The average molecular weight is 291 g/mol. The second kappa shape index (κ2) is 7.28. The highest BCUT2D eigenvalue weighted by atomic mass is 16.5. The third kappa shape index (κ3) is 5.01. The van der Waals surface area contributed by atoms with Crippen molar-refractivity contribution in [2.75, 3.05) is 13.2 Å². The zero-order valence-corrected chi connectivity index (χ0v) is 13.6. The highest BCUT2D eigenvalue weighted by molar-refractivity contribution is 5.29. The van der Waals surface area contributed by atoms with Gasteiger partial charge in [-0.05, 0) is 49.8 Å². The first-order chi connectivity index (χ1) is 10.1. The molecular weight excluding hydrogens is 262 g/mol. The first kappa shape index (κ1) is 16.3. The lowest BCUT2D eigenvalue weighted by molar-refractivity contribution is 0.142. The molecule has 2 unspecified atom stereocenters. The Morgan fingerprint density at radius 1 is 1.33 bits per heavy atom. The van der Waals surface area contributed by atoms with Crippen LogP contribution in [0.2, 0.25) is 0 Å². The molecule has 0 saturated heterocycles. The molecule has 118 valence electrons. The fourth-order valence-corrected chi connectivity index (χ4v) is 2.44. The summed E-state index contributed by atoms with van der Waals surface area (Å²) in [7, 11) is 0. The summed E-state index contributed by atoms with van der Waals surface area (Å²) < 4.78 is 5.82. The second-order valence-corrected chi connectivity index (χ2v) is 6.61. The van der Waals surface area contributed by atoms with Gasteiger partial charge in [-0.15, -0.1) is 0 Å². The van der Waals surface area contributed by atoms with Gasteiger partial charge in [-0.3, -0.25) is 0 Å². The molecule has 0 bridgehead atoms. The molecule has 21 heavy (non-hydrogen) atoms. The Morgan fingerprint density at radius 3 is 2.52 bits per heavy atom. The number of nitrogens with one attached hydrogen (secondary N) is 1. The minimum atomic E-state index is -0.224. The number of hydrogen-bond acceptors (Lipinski definition) is 3. The largest absolute Gasteiger partial charge is 0.494 e. The SMILES string of the molecule is CCC(C)c1ccc(OCCC(C)(CO)NC2CC2)cc1. The Kier molecular flexibility index (Phi) is 5.65. The molecule has 1 aromatic rings. The molecule has 0 aliphatic heterocycles. The van der Waals surface area contributed by atoms with Crippen LogP contribution < -0.4 is 10.1 Å². The van der Waals surface area contributed by atoms with Crippen molar-refractivity contribution in [3.05, 3.63) is 29.8 Å². The Morgan fingerprint density at radius 2 is 2.00 bits per heavy atom. The predicted molar refractivity (Wildman–Crippen MR) is 86.9 cm³/mol. The topological polar surface area (TPSA) is 41.5 Å². The summed E-state index contributed by atoms with van der Waals surface area (Å²) in [6.45, 7) is 7.30. The first-order valence-corrected chi connectivity index (χ1v) is 8.17. The van der Waals surface area contributed by atoms with E-state index in [2.05, 4.69) is 38.2 Å². The van der Waals surface area contributed by atoms with Gasteiger partial charge in [0.05, 0.1) is 13.2 Å². The predicted octanol–water partition coefficient (Wildman–Crippen LogP) is 3.47. The van der Waals surface area contributed by atoms with Crippen molar-refractivity contribution < 1.29 is 9.84 Å². The highest BCUT2D eigenvalue weighted by Crippen LogP contribution is 2.25. The monoisotopic (exact) mass is 291 g/mol. The summed E-state index contributed by atoms with van der Waals surface area (Å²) in [4.78, 5) is 0. The van der Waals surface area contributed by atoms with Crippen LogP contribution in [0.1, 0.15) is 57.9 Å². The number of ether oxygens (including phenoxy) is 1. The van der Waals surface area contributed by atoms with Gasteiger partial charge in [0.1, 0.15) is 5.75 Å². The van der Waals surface area contributed by atoms with Gasteiger partial charge in [0.2, 0.25) is 0 Å². The third-order valence-electron chi connectivity index (χ3n) is 4.46. The lowest BCUT2D eigenvalue weighted by Crippen LogP contribution is -2.48. The number of aliphatic hydroxyl groups excluding tert-OH is 1. The Hall–Kier alpha value is -1.06. The molecule has 0 radical (unpaired) electrons. The maximum atomic E-state index is 9.57. The van der Waals surface area contributed by atoms with Crippen LogP contribution in [-0.2, 0) is 0 Å². The van der Waals surface area contributed by atoms with Crippen LogP contribution in [0.15, 0.2) is 24.3 Å². The maximum absolute atomic E-state index is 9.57. The van der Waals surface area contributed by atoms with E-state index >= 15 is 0 Å². The summed E-state index contributed by atoms with van der Waals surface area (Å²) in [5.41, 5.74) is 1.14. The Bertz CT molecular complexity index is 427. The lowest BCUT2D eigenvalue weighted by Gasteiger charge is -2.29. The van der Waals surface area contributed by atoms with Crippen molar-refractivity contribution in [2.24, 2.45) is 0 Å². The Balaban J connectivity index is 1.79. The van der Waals surface area contributed by atoms with Crippen molar-refractivity contribution in [1.82, 2.24) is 5.32 Å². The molecule has 1 aromatic carbocycles. The number of rotatable bonds is 9. The number of aliphatic hydroxyl groups is 1. The van der Waals surface area contributed by atoms with Crippen LogP contribution >= 0.6 is 0 Å². The minimum absolute atomic E-state index is 0.153. The van der Waals surface area contributed by atoms with E-state index in [4.69, 9.17) is 4.74 Å². The summed E-state index contributed by atoms with van der Waals surface area (Å²) in [6, 6.07) is 8.99. The van der Waals surface area contributed by atoms with Crippen LogP contribution in [0.25, 0.3) is 0 Å². The molecule has 0 spiro atoms. The fraction of sp³-hybridized carbons (Fsp3) is 0.667. The van der Waals surface area contributed by atoms with E-state index in [9.17, 15) is 5.11 Å². The fourth-order valence-electron chi connectivity index (χ4n) is 2.44. The molecule has 0 heterocycles. The van der Waals surface area contributed by atoms with Gasteiger partial charge in [0.15, 0.2) is 0 Å². The molecule has 0 amide bonds.